The molecule has 10 heteroatoms. The second-order valence-corrected chi connectivity index (χ2v) is 6.78. The van der Waals surface area contributed by atoms with Crippen LogP contribution in [0.5, 0.6) is 0 Å². The molecule has 8 nitrogen and oxygen atoms in total. The van der Waals surface area contributed by atoms with Crippen molar-refractivity contribution in [1.29, 1.82) is 0 Å². The standard InChI is InChI=1S/C13H25N3O5S2/c1-22-5-3-9(15-11(18)8(14)7-17)12(19)16-10(13(20)21)4-6-23-2/h8-10,17H,3-7,14H2,1-2H3,(H,15,18)(H,16,19)(H,20,21)/t8-,9-,10-/m0/s1. The second kappa shape index (κ2) is 12.5. The Balaban J connectivity index is 4.82. The molecule has 0 saturated carbocycles. The van der Waals surface area contributed by atoms with Gasteiger partial charge in [-0.2, -0.15) is 23.5 Å². The van der Waals surface area contributed by atoms with Gasteiger partial charge in [-0.25, -0.2) is 4.79 Å². The zero-order chi connectivity index (χ0) is 17.8. The minimum atomic E-state index is -1.12. The summed E-state index contributed by atoms with van der Waals surface area (Å²) in [6.45, 7) is -0.534. The summed E-state index contributed by atoms with van der Waals surface area (Å²) in [6.07, 6.45) is 4.33. The van der Waals surface area contributed by atoms with Crippen molar-refractivity contribution in [3.8, 4) is 0 Å². The van der Waals surface area contributed by atoms with E-state index in [2.05, 4.69) is 10.6 Å². The molecule has 3 atom stereocenters. The lowest BCUT2D eigenvalue weighted by Crippen LogP contribution is -2.55. The Morgan fingerprint density at radius 1 is 1.00 bits per heavy atom. The fourth-order valence-corrected chi connectivity index (χ4v) is 2.57. The van der Waals surface area contributed by atoms with E-state index in [1.807, 2.05) is 12.5 Å². The third-order valence-electron chi connectivity index (χ3n) is 3.00. The minimum Gasteiger partial charge on any atom is -0.480 e. The van der Waals surface area contributed by atoms with Crippen molar-refractivity contribution in [3.63, 3.8) is 0 Å². The molecule has 0 aliphatic carbocycles. The van der Waals surface area contributed by atoms with E-state index in [0.717, 1.165) is 0 Å². The first-order valence-electron chi connectivity index (χ1n) is 7.05. The number of carbonyl (C=O) groups is 3. The number of rotatable bonds is 12. The number of carboxylic acid groups (broad SMARTS) is 1. The fraction of sp³-hybridized carbons (Fsp3) is 0.769. The smallest absolute Gasteiger partial charge is 0.326 e. The van der Waals surface area contributed by atoms with Crippen LogP contribution in [0.25, 0.3) is 0 Å². The molecule has 0 aromatic carbocycles. The normalized spacial score (nSPS) is 14.6. The maximum absolute atomic E-state index is 12.3. The number of carboxylic acids is 1. The number of aliphatic carboxylic acids is 1. The molecule has 23 heavy (non-hydrogen) atoms. The lowest BCUT2D eigenvalue weighted by atomic mass is 10.1. The van der Waals surface area contributed by atoms with Gasteiger partial charge in [-0.1, -0.05) is 0 Å². The molecule has 2 amide bonds. The van der Waals surface area contributed by atoms with E-state index in [0.29, 0.717) is 24.3 Å². The Hall–Kier alpha value is -0.970. The predicted octanol–water partition coefficient (Wildman–Crippen LogP) is -1.13. The van der Waals surface area contributed by atoms with E-state index in [1.165, 1.54) is 23.5 Å². The highest BCUT2D eigenvalue weighted by atomic mass is 32.2. The predicted molar refractivity (Wildman–Crippen MR) is 92.6 cm³/mol. The van der Waals surface area contributed by atoms with Crippen molar-refractivity contribution in [2.45, 2.75) is 31.0 Å². The maximum Gasteiger partial charge on any atom is 0.326 e. The Morgan fingerprint density at radius 3 is 1.91 bits per heavy atom. The van der Waals surface area contributed by atoms with E-state index in [4.69, 9.17) is 15.9 Å². The van der Waals surface area contributed by atoms with Gasteiger partial charge in [-0.05, 0) is 36.9 Å². The van der Waals surface area contributed by atoms with Crippen LogP contribution in [0.3, 0.4) is 0 Å². The first kappa shape index (κ1) is 22.0. The number of amides is 2. The minimum absolute atomic E-state index is 0.293. The lowest BCUT2D eigenvalue weighted by molar-refractivity contribution is -0.142. The van der Waals surface area contributed by atoms with E-state index in [1.54, 1.807) is 0 Å². The molecule has 6 N–H and O–H groups in total. The van der Waals surface area contributed by atoms with Gasteiger partial charge in [0.1, 0.15) is 18.1 Å². The number of aliphatic hydroxyl groups excluding tert-OH is 1. The summed E-state index contributed by atoms with van der Waals surface area (Å²) in [5, 5.41) is 22.9. The number of aliphatic hydroxyl groups is 1. The van der Waals surface area contributed by atoms with Gasteiger partial charge in [0.05, 0.1) is 6.61 Å². The summed E-state index contributed by atoms with van der Waals surface area (Å²) in [6, 6.07) is -3.01. The van der Waals surface area contributed by atoms with E-state index >= 15 is 0 Å². The van der Waals surface area contributed by atoms with Crippen molar-refractivity contribution < 1.29 is 24.6 Å². The number of thioether (sulfide) groups is 2. The van der Waals surface area contributed by atoms with Gasteiger partial charge in [0.25, 0.3) is 0 Å². The SMILES string of the molecule is CSCC[C@H](NC(=O)[C@H](CCSC)NC(=O)[C@@H](N)CO)C(=O)O. The quantitative estimate of drug-likeness (QED) is 0.292. The van der Waals surface area contributed by atoms with Crippen LogP contribution >= 0.6 is 23.5 Å². The van der Waals surface area contributed by atoms with Crippen molar-refractivity contribution in [2.75, 3.05) is 30.6 Å². The average Bonchev–Trinajstić information content (AvgIpc) is 2.53. The highest BCUT2D eigenvalue weighted by Gasteiger charge is 2.27. The summed E-state index contributed by atoms with van der Waals surface area (Å²) < 4.78 is 0. The highest BCUT2D eigenvalue weighted by Crippen LogP contribution is 2.05. The Labute approximate surface area is 144 Å². The maximum atomic E-state index is 12.3. The monoisotopic (exact) mass is 367 g/mol. The highest BCUT2D eigenvalue weighted by molar-refractivity contribution is 7.98. The number of hydrogen-bond acceptors (Lipinski definition) is 7. The summed E-state index contributed by atoms with van der Waals surface area (Å²) >= 11 is 2.98. The van der Waals surface area contributed by atoms with Crippen LogP contribution in [-0.2, 0) is 14.4 Å². The van der Waals surface area contributed by atoms with Crippen LogP contribution in [0.1, 0.15) is 12.8 Å². The van der Waals surface area contributed by atoms with E-state index < -0.39 is 42.5 Å². The van der Waals surface area contributed by atoms with Crippen molar-refractivity contribution in [1.82, 2.24) is 10.6 Å². The number of hydrogen-bond donors (Lipinski definition) is 5. The molecule has 134 valence electrons. The van der Waals surface area contributed by atoms with Crippen molar-refractivity contribution in [3.05, 3.63) is 0 Å². The number of carbonyl (C=O) groups excluding carboxylic acids is 2. The van der Waals surface area contributed by atoms with Crippen LogP contribution in [-0.4, -0.2) is 76.7 Å². The Kier molecular flexibility index (Phi) is 11.9. The van der Waals surface area contributed by atoms with Crippen LogP contribution < -0.4 is 16.4 Å². The molecule has 0 bridgehead atoms. The molecule has 0 fully saturated rings. The zero-order valence-corrected chi connectivity index (χ0v) is 14.9. The molecule has 0 aromatic rings. The average molecular weight is 367 g/mol. The molecule has 0 saturated heterocycles. The summed E-state index contributed by atoms with van der Waals surface area (Å²) in [7, 11) is 0. The third kappa shape index (κ3) is 9.04. The molecule has 0 aromatic heterocycles. The number of nitrogens with one attached hydrogen (secondary N) is 2. The fourth-order valence-electron chi connectivity index (χ4n) is 1.63. The molecule has 0 spiro atoms. The molecule has 0 radical (unpaired) electrons. The summed E-state index contributed by atoms with van der Waals surface area (Å²) in [4.78, 5) is 35.2. The van der Waals surface area contributed by atoms with Gasteiger partial charge in [-0.3, -0.25) is 9.59 Å². The van der Waals surface area contributed by atoms with Crippen LogP contribution in [0.15, 0.2) is 0 Å². The largest absolute Gasteiger partial charge is 0.480 e. The number of nitrogens with two attached hydrogens (primary N) is 1. The van der Waals surface area contributed by atoms with Gasteiger partial charge >= 0.3 is 5.97 Å². The molecule has 0 heterocycles. The third-order valence-corrected chi connectivity index (χ3v) is 4.29. The summed E-state index contributed by atoms with van der Waals surface area (Å²) in [5.74, 6) is -1.13. The van der Waals surface area contributed by atoms with Gasteiger partial charge < -0.3 is 26.6 Å². The second-order valence-electron chi connectivity index (χ2n) is 4.81. The topological polar surface area (TPSA) is 142 Å². The van der Waals surface area contributed by atoms with Crippen LogP contribution in [0.2, 0.25) is 0 Å². The van der Waals surface area contributed by atoms with Gasteiger partial charge in [0.15, 0.2) is 0 Å². The molecule has 0 unspecified atom stereocenters. The molecule has 0 aliphatic rings. The zero-order valence-electron chi connectivity index (χ0n) is 13.3. The van der Waals surface area contributed by atoms with Crippen LogP contribution in [0.4, 0.5) is 0 Å². The lowest BCUT2D eigenvalue weighted by Gasteiger charge is -2.22. The molecular weight excluding hydrogens is 342 g/mol. The van der Waals surface area contributed by atoms with Gasteiger partial charge in [0.2, 0.25) is 11.8 Å². The Morgan fingerprint density at radius 2 is 1.48 bits per heavy atom. The van der Waals surface area contributed by atoms with Crippen molar-refractivity contribution >= 4 is 41.3 Å². The first-order valence-corrected chi connectivity index (χ1v) is 9.84. The molecule has 0 aliphatic heterocycles. The Bertz CT molecular complexity index is 398. The first-order chi connectivity index (χ1) is 10.9. The molecular formula is C13H25N3O5S2. The van der Waals surface area contributed by atoms with E-state index in [-0.39, 0.29) is 0 Å². The van der Waals surface area contributed by atoms with E-state index in [9.17, 15) is 14.4 Å². The van der Waals surface area contributed by atoms with Crippen molar-refractivity contribution in [2.24, 2.45) is 5.73 Å². The van der Waals surface area contributed by atoms with Gasteiger partial charge in [-0.15, -0.1) is 0 Å². The van der Waals surface area contributed by atoms with Crippen LogP contribution in [0, 0.1) is 0 Å². The van der Waals surface area contributed by atoms with Gasteiger partial charge in [0, 0.05) is 0 Å². The molecule has 0 rings (SSSR count). The summed E-state index contributed by atoms with van der Waals surface area (Å²) in [5.41, 5.74) is 5.41.